The predicted octanol–water partition coefficient (Wildman–Crippen LogP) is 5.70. The van der Waals surface area contributed by atoms with Crippen LogP contribution in [0.4, 0.5) is 10.5 Å². The number of hydrogen-bond acceptors (Lipinski definition) is 4. The van der Waals surface area contributed by atoms with Crippen molar-refractivity contribution in [2.45, 2.75) is 44.4 Å². The molecular weight excluding hydrogens is 400 g/mol. The number of furan rings is 1. The Morgan fingerprint density at radius 2 is 1.47 bits per heavy atom. The first-order chi connectivity index (χ1) is 14.2. The van der Waals surface area contributed by atoms with Gasteiger partial charge >= 0.3 is 6.03 Å². The molecule has 0 bridgehead atoms. The summed E-state index contributed by atoms with van der Waals surface area (Å²) in [5.41, 5.74) is 3.31. The van der Waals surface area contributed by atoms with Crippen LogP contribution in [-0.4, -0.2) is 14.4 Å². The lowest BCUT2D eigenvalue weighted by Crippen LogP contribution is -2.35. The molecule has 2 amide bonds. The molecule has 0 fully saturated rings. The maximum atomic E-state index is 12.7. The zero-order valence-corrected chi connectivity index (χ0v) is 18.3. The van der Waals surface area contributed by atoms with E-state index in [9.17, 15) is 13.2 Å². The fraction of sp³-hybridized carbons (Fsp3) is 0.261. The van der Waals surface area contributed by atoms with Gasteiger partial charge in [0.2, 0.25) is 0 Å². The fourth-order valence-corrected chi connectivity index (χ4v) is 4.16. The molecule has 3 rings (SSSR count). The number of urea groups is 1. The third-order valence-corrected chi connectivity index (χ3v) is 6.16. The lowest BCUT2D eigenvalue weighted by molar-refractivity contribution is 0.256. The van der Waals surface area contributed by atoms with Crippen molar-refractivity contribution in [3.05, 3.63) is 72.0 Å². The van der Waals surface area contributed by atoms with Crippen molar-refractivity contribution in [1.29, 1.82) is 0 Å². The number of amides is 2. The van der Waals surface area contributed by atoms with Gasteiger partial charge in [-0.3, -0.25) is 0 Å². The van der Waals surface area contributed by atoms with Crippen LogP contribution in [0.15, 0.2) is 70.2 Å². The number of para-hydroxylation sites is 1. The molecule has 1 heterocycles. The molecule has 0 atom stereocenters. The van der Waals surface area contributed by atoms with Gasteiger partial charge in [-0.05, 0) is 59.4 Å². The van der Waals surface area contributed by atoms with E-state index in [-0.39, 0.29) is 16.7 Å². The standard InChI is InChI=1S/C23H26N2O4S/c1-15(2)19-7-5-8-20(16(3)4)22(19)24-23(26)25-30(27,28)18-12-10-17(11-13-18)21-9-6-14-29-21/h5-16H,1-4H3,(H2,24,25,26). The molecule has 158 valence electrons. The Morgan fingerprint density at radius 1 is 0.867 bits per heavy atom. The average molecular weight is 427 g/mol. The summed E-state index contributed by atoms with van der Waals surface area (Å²) in [5, 5.41) is 2.76. The van der Waals surface area contributed by atoms with Crippen LogP contribution >= 0.6 is 0 Å². The first kappa shape index (κ1) is 21.6. The summed E-state index contributed by atoms with van der Waals surface area (Å²) in [5.74, 6) is 0.977. The van der Waals surface area contributed by atoms with Gasteiger partial charge in [0.05, 0.1) is 11.2 Å². The van der Waals surface area contributed by atoms with E-state index in [1.807, 2.05) is 45.9 Å². The molecule has 0 unspecified atom stereocenters. The largest absolute Gasteiger partial charge is 0.464 e. The molecule has 0 saturated heterocycles. The normalized spacial score (nSPS) is 11.7. The summed E-state index contributed by atoms with van der Waals surface area (Å²) in [6.45, 7) is 8.11. The van der Waals surface area contributed by atoms with E-state index in [2.05, 4.69) is 10.0 Å². The lowest BCUT2D eigenvalue weighted by Gasteiger charge is -2.20. The summed E-state index contributed by atoms with van der Waals surface area (Å²) in [6.07, 6.45) is 1.55. The van der Waals surface area contributed by atoms with Crippen molar-refractivity contribution in [2.24, 2.45) is 0 Å². The average Bonchev–Trinajstić information content (AvgIpc) is 3.22. The van der Waals surface area contributed by atoms with Gasteiger partial charge in [-0.25, -0.2) is 17.9 Å². The van der Waals surface area contributed by atoms with Crippen LogP contribution in [0.5, 0.6) is 0 Å². The van der Waals surface area contributed by atoms with Crippen LogP contribution in [-0.2, 0) is 10.0 Å². The number of sulfonamides is 1. The van der Waals surface area contributed by atoms with E-state index >= 15 is 0 Å². The molecule has 2 aromatic carbocycles. The summed E-state index contributed by atoms with van der Waals surface area (Å²) in [4.78, 5) is 12.6. The highest BCUT2D eigenvalue weighted by atomic mass is 32.2. The molecular formula is C23H26N2O4S. The maximum Gasteiger partial charge on any atom is 0.333 e. The summed E-state index contributed by atoms with van der Waals surface area (Å²) >= 11 is 0. The molecule has 0 aliphatic heterocycles. The van der Waals surface area contributed by atoms with E-state index < -0.39 is 16.1 Å². The second kappa shape index (κ2) is 8.75. The number of anilines is 1. The lowest BCUT2D eigenvalue weighted by atomic mass is 9.93. The van der Waals surface area contributed by atoms with Crippen molar-refractivity contribution >= 4 is 21.7 Å². The predicted molar refractivity (Wildman–Crippen MR) is 118 cm³/mol. The van der Waals surface area contributed by atoms with Gasteiger partial charge in [0.25, 0.3) is 10.0 Å². The Bertz CT molecular complexity index is 1090. The van der Waals surface area contributed by atoms with Crippen molar-refractivity contribution in [3.63, 3.8) is 0 Å². The van der Waals surface area contributed by atoms with Crippen LogP contribution in [0.2, 0.25) is 0 Å². The van der Waals surface area contributed by atoms with E-state index in [0.717, 1.165) is 16.7 Å². The molecule has 2 N–H and O–H groups in total. The molecule has 0 saturated carbocycles. The van der Waals surface area contributed by atoms with Gasteiger partial charge < -0.3 is 9.73 Å². The minimum absolute atomic E-state index is 0.00539. The molecule has 0 aliphatic rings. The fourth-order valence-electron chi connectivity index (χ4n) is 3.26. The van der Waals surface area contributed by atoms with Crippen molar-refractivity contribution in [1.82, 2.24) is 4.72 Å². The molecule has 0 radical (unpaired) electrons. The van der Waals surface area contributed by atoms with Crippen molar-refractivity contribution in [2.75, 3.05) is 5.32 Å². The van der Waals surface area contributed by atoms with Gasteiger partial charge in [0.15, 0.2) is 0 Å². The topological polar surface area (TPSA) is 88.4 Å². The second-order valence-electron chi connectivity index (χ2n) is 7.68. The molecule has 1 aromatic heterocycles. The highest BCUT2D eigenvalue weighted by Gasteiger charge is 2.21. The van der Waals surface area contributed by atoms with E-state index in [1.54, 1.807) is 30.5 Å². The summed E-state index contributed by atoms with van der Waals surface area (Å²) < 4.78 is 32.8. The van der Waals surface area contributed by atoms with Crippen LogP contribution in [0.25, 0.3) is 11.3 Å². The first-order valence-electron chi connectivity index (χ1n) is 9.79. The summed E-state index contributed by atoms with van der Waals surface area (Å²) in [7, 11) is -4.02. The van der Waals surface area contributed by atoms with Crippen LogP contribution in [0.1, 0.15) is 50.7 Å². The third kappa shape index (κ3) is 4.74. The third-order valence-electron chi connectivity index (χ3n) is 4.81. The van der Waals surface area contributed by atoms with E-state index in [4.69, 9.17) is 4.42 Å². The van der Waals surface area contributed by atoms with Gasteiger partial charge in [-0.1, -0.05) is 45.9 Å². The number of carbonyl (C=O) groups excluding carboxylic acids is 1. The minimum Gasteiger partial charge on any atom is -0.464 e. The monoisotopic (exact) mass is 426 g/mol. The molecule has 0 aliphatic carbocycles. The van der Waals surface area contributed by atoms with Crippen LogP contribution in [0, 0.1) is 0 Å². The number of nitrogens with one attached hydrogen (secondary N) is 2. The molecule has 3 aromatic rings. The number of rotatable bonds is 6. The van der Waals surface area contributed by atoms with Gasteiger partial charge in [0, 0.05) is 11.3 Å². The molecule has 7 heteroatoms. The Kier molecular flexibility index (Phi) is 6.31. The first-order valence-corrected chi connectivity index (χ1v) is 11.3. The smallest absolute Gasteiger partial charge is 0.333 e. The van der Waals surface area contributed by atoms with Crippen molar-refractivity contribution < 1.29 is 17.6 Å². The molecule has 0 spiro atoms. The number of benzene rings is 2. The Morgan fingerprint density at radius 3 is 1.97 bits per heavy atom. The highest BCUT2D eigenvalue weighted by molar-refractivity contribution is 7.90. The minimum atomic E-state index is -4.02. The number of hydrogen-bond donors (Lipinski definition) is 2. The summed E-state index contributed by atoms with van der Waals surface area (Å²) in [6, 6.07) is 14.7. The van der Waals surface area contributed by atoms with Gasteiger partial charge in [0.1, 0.15) is 5.76 Å². The Balaban J connectivity index is 1.81. The molecule has 6 nitrogen and oxygen atoms in total. The van der Waals surface area contributed by atoms with Crippen LogP contribution in [0.3, 0.4) is 0 Å². The Labute approximate surface area is 177 Å². The van der Waals surface area contributed by atoms with Gasteiger partial charge in [-0.15, -0.1) is 0 Å². The highest BCUT2D eigenvalue weighted by Crippen LogP contribution is 2.32. The van der Waals surface area contributed by atoms with Gasteiger partial charge in [-0.2, -0.15) is 0 Å². The Hall–Kier alpha value is -3.06. The zero-order chi connectivity index (χ0) is 21.9. The number of carbonyl (C=O) groups is 1. The van der Waals surface area contributed by atoms with E-state index in [1.165, 1.54) is 12.1 Å². The van der Waals surface area contributed by atoms with E-state index in [0.29, 0.717) is 11.4 Å². The maximum absolute atomic E-state index is 12.7. The molecule has 30 heavy (non-hydrogen) atoms. The van der Waals surface area contributed by atoms with Crippen molar-refractivity contribution in [3.8, 4) is 11.3 Å². The van der Waals surface area contributed by atoms with Crippen LogP contribution < -0.4 is 10.0 Å². The second-order valence-corrected chi connectivity index (χ2v) is 9.36. The SMILES string of the molecule is CC(C)c1cccc(C(C)C)c1NC(=O)NS(=O)(=O)c1ccc(-c2ccco2)cc1. The quantitative estimate of drug-likeness (QED) is 0.529. The zero-order valence-electron chi connectivity index (χ0n) is 17.5.